The van der Waals surface area contributed by atoms with Crippen LogP contribution in [0.3, 0.4) is 0 Å². The largest absolute Gasteiger partial charge is 0.496 e. The second-order valence-corrected chi connectivity index (χ2v) is 7.65. The van der Waals surface area contributed by atoms with E-state index >= 15 is 0 Å². The molecular weight excluding hydrogens is 418 g/mol. The normalized spacial score (nSPS) is 11.6. The van der Waals surface area contributed by atoms with E-state index in [4.69, 9.17) is 14.6 Å². The van der Waals surface area contributed by atoms with Gasteiger partial charge >= 0.3 is 0 Å². The second kappa shape index (κ2) is 8.70. The lowest BCUT2D eigenvalue weighted by Gasteiger charge is -2.07. The Morgan fingerprint density at radius 2 is 1.97 bits per heavy atom. The van der Waals surface area contributed by atoms with Gasteiger partial charge in [-0.25, -0.2) is 14.5 Å². The average molecular weight is 441 g/mol. The Balaban J connectivity index is 1.41. The number of methoxy groups -OCH3 is 1. The Kier molecular flexibility index (Phi) is 5.43. The summed E-state index contributed by atoms with van der Waals surface area (Å²) < 4.78 is 9.19. The standard InChI is InChI=1S/C24H23N7O2/c1-16-17(2)30(13-18-7-6-10-25-11-18)23-22(16)24-28-21(29-31(24)15-26-23)14-33-27-12-19-8-4-5-9-20(19)32-3/h4-12,15H,13-14H2,1-3H3. The van der Waals surface area contributed by atoms with Crippen LogP contribution < -0.4 is 4.74 Å². The highest BCUT2D eigenvalue weighted by atomic mass is 16.6. The fourth-order valence-electron chi connectivity index (χ4n) is 3.87. The molecule has 5 aromatic rings. The highest BCUT2D eigenvalue weighted by Crippen LogP contribution is 2.27. The molecule has 5 rings (SSSR count). The van der Waals surface area contributed by atoms with Gasteiger partial charge in [-0.3, -0.25) is 4.98 Å². The number of aromatic nitrogens is 6. The summed E-state index contributed by atoms with van der Waals surface area (Å²) in [5.41, 5.74) is 5.82. The van der Waals surface area contributed by atoms with Crippen molar-refractivity contribution < 1.29 is 9.57 Å². The van der Waals surface area contributed by atoms with E-state index in [0.717, 1.165) is 44.8 Å². The quantitative estimate of drug-likeness (QED) is 0.283. The molecule has 0 fully saturated rings. The third kappa shape index (κ3) is 3.89. The highest BCUT2D eigenvalue weighted by molar-refractivity contribution is 5.94. The molecule has 33 heavy (non-hydrogen) atoms. The van der Waals surface area contributed by atoms with Crippen molar-refractivity contribution in [3.05, 3.63) is 83.3 Å². The number of fused-ring (bicyclic) bond motifs is 3. The van der Waals surface area contributed by atoms with Gasteiger partial charge in [-0.15, -0.1) is 5.10 Å². The average Bonchev–Trinajstić information content (AvgIpc) is 3.37. The van der Waals surface area contributed by atoms with Crippen LogP contribution in [0.1, 0.15) is 28.2 Å². The molecule has 166 valence electrons. The Bertz CT molecular complexity index is 1450. The SMILES string of the molecule is COc1ccccc1C=NOCc1nc2c3c(C)c(C)n(Cc4cccnc4)c3ncn2n1. The molecule has 0 aliphatic carbocycles. The van der Waals surface area contributed by atoms with Gasteiger partial charge < -0.3 is 14.1 Å². The van der Waals surface area contributed by atoms with E-state index in [-0.39, 0.29) is 6.61 Å². The lowest BCUT2D eigenvalue weighted by molar-refractivity contribution is 0.126. The molecule has 4 aromatic heterocycles. The zero-order valence-corrected chi connectivity index (χ0v) is 18.6. The first-order chi connectivity index (χ1) is 16.2. The van der Waals surface area contributed by atoms with E-state index in [2.05, 4.69) is 44.7 Å². The zero-order chi connectivity index (χ0) is 22.8. The molecule has 9 nitrogen and oxygen atoms in total. The summed E-state index contributed by atoms with van der Waals surface area (Å²) in [6.45, 7) is 5.01. The number of pyridine rings is 1. The molecule has 0 radical (unpaired) electrons. The van der Waals surface area contributed by atoms with Gasteiger partial charge in [-0.05, 0) is 43.2 Å². The van der Waals surface area contributed by atoms with Gasteiger partial charge in [-0.2, -0.15) is 0 Å². The van der Waals surface area contributed by atoms with Crippen LogP contribution in [0.5, 0.6) is 5.75 Å². The molecule has 0 N–H and O–H groups in total. The second-order valence-electron chi connectivity index (χ2n) is 7.65. The lowest BCUT2D eigenvalue weighted by atomic mass is 10.2. The van der Waals surface area contributed by atoms with Gasteiger partial charge in [0.1, 0.15) is 17.7 Å². The third-order valence-electron chi connectivity index (χ3n) is 5.65. The molecule has 9 heteroatoms. The summed E-state index contributed by atoms with van der Waals surface area (Å²) in [6.07, 6.45) is 6.94. The maximum absolute atomic E-state index is 5.45. The van der Waals surface area contributed by atoms with Gasteiger partial charge in [0.05, 0.1) is 25.3 Å². The van der Waals surface area contributed by atoms with Crippen LogP contribution in [0.25, 0.3) is 16.7 Å². The molecule has 1 aromatic carbocycles. The van der Waals surface area contributed by atoms with E-state index in [9.17, 15) is 0 Å². The molecule has 0 aliphatic heterocycles. The van der Waals surface area contributed by atoms with Crippen LogP contribution in [0.2, 0.25) is 0 Å². The monoisotopic (exact) mass is 441 g/mol. The molecule has 0 spiro atoms. The maximum Gasteiger partial charge on any atom is 0.192 e. The number of rotatable bonds is 7. The summed E-state index contributed by atoms with van der Waals surface area (Å²) in [5, 5.41) is 9.53. The minimum absolute atomic E-state index is 0.142. The maximum atomic E-state index is 5.45. The minimum atomic E-state index is 0.142. The molecule has 0 bridgehead atoms. The fraction of sp³-hybridized carbons (Fsp3) is 0.208. The van der Waals surface area contributed by atoms with Gasteiger partial charge in [0.25, 0.3) is 0 Å². The predicted molar refractivity (Wildman–Crippen MR) is 124 cm³/mol. The molecule has 0 saturated heterocycles. The number of ether oxygens (including phenoxy) is 1. The van der Waals surface area contributed by atoms with Crippen molar-refractivity contribution in [2.24, 2.45) is 5.16 Å². The van der Waals surface area contributed by atoms with Gasteiger partial charge in [0.2, 0.25) is 0 Å². The predicted octanol–water partition coefficient (Wildman–Crippen LogP) is 3.70. The van der Waals surface area contributed by atoms with Crippen molar-refractivity contribution >= 4 is 22.9 Å². The molecular formula is C24H23N7O2. The fourth-order valence-corrected chi connectivity index (χ4v) is 3.87. The number of para-hydroxylation sites is 1. The summed E-state index contributed by atoms with van der Waals surface area (Å²) in [4.78, 5) is 19.0. The number of nitrogens with zero attached hydrogens (tertiary/aromatic N) is 7. The molecule has 4 heterocycles. The smallest absolute Gasteiger partial charge is 0.192 e. The first-order valence-corrected chi connectivity index (χ1v) is 10.5. The van der Waals surface area contributed by atoms with Crippen molar-refractivity contribution in [2.45, 2.75) is 27.0 Å². The summed E-state index contributed by atoms with van der Waals surface area (Å²) in [5.74, 6) is 1.25. The number of hydrogen-bond donors (Lipinski definition) is 0. The number of oxime groups is 1. The summed E-state index contributed by atoms with van der Waals surface area (Å²) >= 11 is 0. The van der Waals surface area contributed by atoms with Crippen LogP contribution in [0.4, 0.5) is 0 Å². The van der Waals surface area contributed by atoms with Crippen molar-refractivity contribution in [2.75, 3.05) is 7.11 Å². The lowest BCUT2D eigenvalue weighted by Crippen LogP contribution is -2.03. The molecule has 0 unspecified atom stereocenters. The first kappa shape index (κ1) is 20.6. The Labute approximate surface area is 190 Å². The number of aryl methyl sites for hydroxylation is 1. The topological polar surface area (TPSA) is 91.7 Å². The Morgan fingerprint density at radius 3 is 2.79 bits per heavy atom. The van der Waals surface area contributed by atoms with E-state index in [1.165, 1.54) is 0 Å². The third-order valence-corrected chi connectivity index (χ3v) is 5.65. The summed E-state index contributed by atoms with van der Waals surface area (Å²) in [6, 6.07) is 11.6. The highest BCUT2D eigenvalue weighted by Gasteiger charge is 2.18. The van der Waals surface area contributed by atoms with Gasteiger partial charge in [0, 0.05) is 23.7 Å². The van der Waals surface area contributed by atoms with Crippen LogP contribution in [-0.2, 0) is 18.0 Å². The summed E-state index contributed by atoms with van der Waals surface area (Å²) in [7, 11) is 1.62. The molecule has 0 atom stereocenters. The van der Waals surface area contributed by atoms with Gasteiger partial charge in [-0.1, -0.05) is 23.4 Å². The van der Waals surface area contributed by atoms with E-state index in [1.807, 2.05) is 36.5 Å². The van der Waals surface area contributed by atoms with Crippen molar-refractivity contribution in [3.8, 4) is 5.75 Å². The van der Waals surface area contributed by atoms with Crippen LogP contribution in [0, 0.1) is 13.8 Å². The van der Waals surface area contributed by atoms with E-state index in [1.54, 1.807) is 30.4 Å². The van der Waals surface area contributed by atoms with Crippen molar-refractivity contribution in [1.82, 2.24) is 29.1 Å². The minimum Gasteiger partial charge on any atom is -0.496 e. The van der Waals surface area contributed by atoms with E-state index < -0.39 is 0 Å². The molecule has 0 aliphatic rings. The molecule has 0 saturated carbocycles. The first-order valence-electron chi connectivity index (χ1n) is 10.5. The van der Waals surface area contributed by atoms with E-state index in [0.29, 0.717) is 12.4 Å². The number of hydrogen-bond acceptors (Lipinski definition) is 7. The van der Waals surface area contributed by atoms with Crippen LogP contribution >= 0.6 is 0 Å². The Morgan fingerprint density at radius 1 is 1.09 bits per heavy atom. The van der Waals surface area contributed by atoms with Crippen LogP contribution in [0.15, 0.2) is 60.3 Å². The zero-order valence-electron chi connectivity index (χ0n) is 18.6. The van der Waals surface area contributed by atoms with Crippen LogP contribution in [-0.4, -0.2) is 42.5 Å². The Hall–Kier alpha value is -4.27. The van der Waals surface area contributed by atoms with Crippen molar-refractivity contribution in [1.29, 1.82) is 0 Å². The van der Waals surface area contributed by atoms with Gasteiger partial charge in [0.15, 0.2) is 18.1 Å². The molecule has 0 amide bonds. The van der Waals surface area contributed by atoms with Crippen molar-refractivity contribution in [3.63, 3.8) is 0 Å². The number of benzene rings is 1.